The first-order valence-electron chi connectivity index (χ1n) is 5.45. The van der Waals surface area contributed by atoms with Gasteiger partial charge in [-0.05, 0) is 43.0 Å². The summed E-state index contributed by atoms with van der Waals surface area (Å²) in [5.41, 5.74) is 17.0. The number of anilines is 2. The van der Waals surface area contributed by atoms with Crippen LogP contribution >= 0.6 is 0 Å². The molecule has 0 unspecified atom stereocenters. The summed E-state index contributed by atoms with van der Waals surface area (Å²) in [6.07, 6.45) is 1.67. The average Bonchev–Trinajstić information content (AvgIpc) is 2.25. The number of aromatic nitrogens is 2. The number of nitrogen functional groups attached to an aromatic ring is 2. The molecule has 0 saturated carbocycles. The maximum absolute atomic E-state index is 5.86. The number of nitrogens with zero attached hydrogens (tertiary/aromatic N) is 2. The smallest absolute Gasteiger partial charge is 0.221 e. The maximum Gasteiger partial charge on any atom is 0.221 e. The molecule has 0 aliphatic carbocycles. The number of hydrogen-bond acceptors (Lipinski definition) is 4. The number of aryl methyl sites for hydroxylation is 2. The minimum absolute atomic E-state index is 0.201. The lowest BCUT2D eigenvalue weighted by Crippen LogP contribution is -2.01. The summed E-state index contributed by atoms with van der Waals surface area (Å²) < 4.78 is 0. The first kappa shape index (κ1) is 11.4. The van der Waals surface area contributed by atoms with Crippen LogP contribution in [0, 0.1) is 20.8 Å². The van der Waals surface area contributed by atoms with Crippen molar-refractivity contribution >= 4 is 11.8 Å². The lowest BCUT2D eigenvalue weighted by Gasteiger charge is -2.10. The highest BCUT2D eigenvalue weighted by Crippen LogP contribution is 2.27. The molecule has 0 bridgehead atoms. The molecule has 0 radical (unpaired) electrons. The van der Waals surface area contributed by atoms with E-state index in [1.54, 1.807) is 6.20 Å². The van der Waals surface area contributed by atoms with Crippen LogP contribution in [0.2, 0.25) is 0 Å². The highest BCUT2D eigenvalue weighted by atomic mass is 15.0. The highest BCUT2D eigenvalue weighted by Gasteiger charge is 2.08. The van der Waals surface area contributed by atoms with Gasteiger partial charge in [-0.1, -0.05) is 12.1 Å². The van der Waals surface area contributed by atoms with Crippen LogP contribution in [0.3, 0.4) is 0 Å². The van der Waals surface area contributed by atoms with Crippen molar-refractivity contribution < 1.29 is 0 Å². The number of nitrogens with two attached hydrogens (primary N) is 2. The van der Waals surface area contributed by atoms with Gasteiger partial charge in [-0.3, -0.25) is 0 Å². The Labute approximate surface area is 101 Å². The molecule has 0 aliphatic rings. The summed E-state index contributed by atoms with van der Waals surface area (Å²) in [6, 6.07) is 4.18. The summed E-state index contributed by atoms with van der Waals surface area (Å²) >= 11 is 0. The zero-order valence-corrected chi connectivity index (χ0v) is 10.3. The summed E-state index contributed by atoms with van der Waals surface area (Å²) in [7, 11) is 0. The summed E-state index contributed by atoms with van der Waals surface area (Å²) in [5, 5.41) is 0. The van der Waals surface area contributed by atoms with Crippen LogP contribution in [0.25, 0.3) is 11.1 Å². The Morgan fingerprint density at radius 3 is 2.12 bits per heavy atom. The van der Waals surface area contributed by atoms with E-state index in [1.807, 2.05) is 0 Å². The summed E-state index contributed by atoms with van der Waals surface area (Å²) in [4.78, 5) is 7.96. The topological polar surface area (TPSA) is 77.8 Å². The molecule has 4 heteroatoms. The van der Waals surface area contributed by atoms with E-state index >= 15 is 0 Å². The van der Waals surface area contributed by atoms with Crippen LogP contribution in [0.5, 0.6) is 0 Å². The van der Waals surface area contributed by atoms with Gasteiger partial charge in [0.2, 0.25) is 5.95 Å². The van der Waals surface area contributed by atoms with E-state index in [2.05, 4.69) is 42.9 Å². The van der Waals surface area contributed by atoms with Crippen LogP contribution in [0.1, 0.15) is 16.7 Å². The Morgan fingerprint density at radius 2 is 1.59 bits per heavy atom. The van der Waals surface area contributed by atoms with Crippen LogP contribution in [-0.2, 0) is 0 Å². The van der Waals surface area contributed by atoms with Crippen LogP contribution in [0.15, 0.2) is 18.3 Å². The van der Waals surface area contributed by atoms with Crippen molar-refractivity contribution in [2.45, 2.75) is 20.8 Å². The van der Waals surface area contributed by atoms with Crippen molar-refractivity contribution in [2.24, 2.45) is 0 Å². The number of benzene rings is 1. The Morgan fingerprint density at radius 1 is 1.00 bits per heavy atom. The van der Waals surface area contributed by atoms with E-state index in [0.29, 0.717) is 5.82 Å². The summed E-state index contributed by atoms with van der Waals surface area (Å²) in [5.74, 6) is 0.618. The van der Waals surface area contributed by atoms with Gasteiger partial charge in [0.05, 0.1) is 0 Å². The van der Waals surface area contributed by atoms with E-state index in [1.165, 1.54) is 16.7 Å². The second-order valence-electron chi connectivity index (χ2n) is 4.26. The van der Waals surface area contributed by atoms with Gasteiger partial charge in [0.15, 0.2) is 0 Å². The van der Waals surface area contributed by atoms with Crippen LogP contribution < -0.4 is 11.5 Å². The lowest BCUT2D eigenvalue weighted by atomic mass is 9.97. The standard InChI is InChI=1S/C13H16N4/c1-7-4-10(5-8(2)9(7)3)11-6-16-13(15)17-12(11)14/h4-6H,1-3H3,(H4,14,15,16,17). The largest absolute Gasteiger partial charge is 0.383 e. The molecule has 0 atom stereocenters. The molecule has 0 amide bonds. The molecule has 4 N–H and O–H groups in total. The third-order valence-electron chi connectivity index (χ3n) is 3.07. The van der Waals surface area contributed by atoms with Crippen molar-refractivity contribution in [1.29, 1.82) is 0 Å². The maximum atomic E-state index is 5.86. The normalized spacial score (nSPS) is 10.5. The fourth-order valence-electron chi connectivity index (χ4n) is 1.82. The van der Waals surface area contributed by atoms with Gasteiger partial charge >= 0.3 is 0 Å². The van der Waals surface area contributed by atoms with Gasteiger partial charge in [-0.2, -0.15) is 4.98 Å². The predicted octanol–water partition coefficient (Wildman–Crippen LogP) is 2.23. The second kappa shape index (κ2) is 4.05. The second-order valence-corrected chi connectivity index (χ2v) is 4.26. The zero-order valence-electron chi connectivity index (χ0n) is 10.3. The van der Waals surface area contributed by atoms with Gasteiger partial charge in [0, 0.05) is 11.8 Å². The predicted molar refractivity (Wildman–Crippen MR) is 70.5 cm³/mol. The van der Waals surface area contributed by atoms with Crippen molar-refractivity contribution in [3.05, 3.63) is 35.0 Å². The molecule has 4 nitrogen and oxygen atoms in total. The van der Waals surface area contributed by atoms with Gasteiger partial charge in [-0.25, -0.2) is 4.98 Å². The Hall–Kier alpha value is -2.10. The molecule has 88 valence electrons. The molecule has 0 fully saturated rings. The van der Waals surface area contributed by atoms with Gasteiger partial charge in [-0.15, -0.1) is 0 Å². The third-order valence-corrected chi connectivity index (χ3v) is 3.07. The molecule has 1 aromatic carbocycles. The molecular formula is C13H16N4. The van der Waals surface area contributed by atoms with Crippen molar-refractivity contribution in [3.8, 4) is 11.1 Å². The average molecular weight is 228 g/mol. The molecule has 2 aromatic rings. The zero-order chi connectivity index (χ0) is 12.6. The van der Waals surface area contributed by atoms with Gasteiger partial charge < -0.3 is 11.5 Å². The van der Waals surface area contributed by atoms with Gasteiger partial charge in [0.25, 0.3) is 0 Å². The monoisotopic (exact) mass is 228 g/mol. The van der Waals surface area contributed by atoms with Gasteiger partial charge in [0.1, 0.15) is 5.82 Å². The first-order valence-corrected chi connectivity index (χ1v) is 5.45. The quantitative estimate of drug-likeness (QED) is 0.784. The van der Waals surface area contributed by atoms with E-state index in [9.17, 15) is 0 Å². The third kappa shape index (κ3) is 2.06. The number of rotatable bonds is 1. The molecule has 17 heavy (non-hydrogen) atoms. The fraction of sp³-hybridized carbons (Fsp3) is 0.231. The molecule has 0 saturated heterocycles. The van der Waals surface area contributed by atoms with Crippen LogP contribution in [0.4, 0.5) is 11.8 Å². The Balaban J connectivity index is 2.61. The molecule has 1 aromatic heterocycles. The lowest BCUT2D eigenvalue weighted by molar-refractivity contribution is 1.19. The minimum atomic E-state index is 0.201. The van der Waals surface area contributed by atoms with E-state index in [-0.39, 0.29) is 5.95 Å². The van der Waals surface area contributed by atoms with Crippen molar-refractivity contribution in [1.82, 2.24) is 9.97 Å². The van der Waals surface area contributed by atoms with E-state index in [0.717, 1.165) is 11.1 Å². The Bertz CT molecular complexity index is 553. The molecular weight excluding hydrogens is 212 g/mol. The van der Waals surface area contributed by atoms with Crippen molar-refractivity contribution in [2.75, 3.05) is 11.5 Å². The van der Waals surface area contributed by atoms with E-state index in [4.69, 9.17) is 11.5 Å². The minimum Gasteiger partial charge on any atom is -0.383 e. The molecule has 2 rings (SSSR count). The van der Waals surface area contributed by atoms with E-state index < -0.39 is 0 Å². The first-order chi connectivity index (χ1) is 7.99. The number of hydrogen-bond donors (Lipinski definition) is 2. The Kier molecular flexibility index (Phi) is 2.71. The van der Waals surface area contributed by atoms with Crippen LogP contribution in [-0.4, -0.2) is 9.97 Å². The fourth-order valence-corrected chi connectivity index (χ4v) is 1.82. The van der Waals surface area contributed by atoms with Crippen molar-refractivity contribution in [3.63, 3.8) is 0 Å². The molecule has 0 aliphatic heterocycles. The molecule has 0 spiro atoms. The summed E-state index contributed by atoms with van der Waals surface area (Å²) in [6.45, 7) is 6.28. The molecule has 1 heterocycles. The highest BCUT2D eigenvalue weighted by molar-refractivity contribution is 5.75. The SMILES string of the molecule is Cc1cc(-c2cnc(N)nc2N)cc(C)c1C.